The largest absolute Gasteiger partial charge is 0.207 e. The van der Waals surface area contributed by atoms with Crippen LogP contribution in [0.25, 0.3) is 0 Å². The van der Waals surface area contributed by atoms with E-state index in [-0.39, 0.29) is 5.56 Å². The Morgan fingerprint density at radius 2 is 1.72 bits per heavy atom. The van der Waals surface area contributed by atoms with Crippen LogP contribution in [-0.2, 0) is 0 Å². The van der Waals surface area contributed by atoms with Gasteiger partial charge in [0, 0.05) is 15.1 Å². The van der Waals surface area contributed by atoms with Gasteiger partial charge in [0.15, 0.2) is 0 Å². The van der Waals surface area contributed by atoms with Gasteiger partial charge < -0.3 is 0 Å². The first-order valence-electron chi connectivity index (χ1n) is 5.03. The van der Waals surface area contributed by atoms with Crippen molar-refractivity contribution in [3.05, 3.63) is 68.7 Å². The summed E-state index contributed by atoms with van der Waals surface area (Å²) >= 11 is 12.6. The lowest BCUT2D eigenvalue weighted by Gasteiger charge is -2.14. The molecular formula is C13H7Br2ClF2. The molecule has 2 rings (SSSR count). The molecule has 2 aromatic rings. The van der Waals surface area contributed by atoms with Crippen LogP contribution < -0.4 is 0 Å². The Hall–Kier alpha value is -0.450. The van der Waals surface area contributed by atoms with E-state index in [9.17, 15) is 8.78 Å². The Balaban J connectivity index is 2.47. The average Bonchev–Trinajstić information content (AvgIpc) is 2.31. The van der Waals surface area contributed by atoms with Crippen LogP contribution in [0.5, 0.6) is 0 Å². The summed E-state index contributed by atoms with van der Waals surface area (Å²) in [6, 6.07) is 8.56. The monoisotopic (exact) mass is 394 g/mol. The quantitative estimate of drug-likeness (QED) is 0.558. The standard InChI is InChI=1S/C13H7Br2ClF2/c14-11-5-7(16)1-3-9(11)13(15)10-6-8(17)2-4-12(10)18/h1-6,13H. The van der Waals surface area contributed by atoms with Crippen molar-refractivity contribution < 1.29 is 8.78 Å². The fourth-order valence-corrected chi connectivity index (χ4v) is 3.55. The summed E-state index contributed by atoms with van der Waals surface area (Å²) in [5.74, 6) is -0.930. The highest BCUT2D eigenvalue weighted by Crippen LogP contribution is 2.37. The molecule has 0 heterocycles. The fourth-order valence-electron chi connectivity index (χ4n) is 1.58. The SMILES string of the molecule is Fc1ccc(F)c(C(Br)c2ccc(Cl)cc2Br)c1. The molecule has 0 aromatic heterocycles. The Kier molecular flexibility index (Phi) is 4.41. The van der Waals surface area contributed by atoms with Gasteiger partial charge in [0.1, 0.15) is 11.6 Å². The molecule has 0 aliphatic carbocycles. The van der Waals surface area contributed by atoms with Gasteiger partial charge in [0.05, 0.1) is 4.83 Å². The third kappa shape index (κ3) is 2.92. The van der Waals surface area contributed by atoms with E-state index in [1.165, 1.54) is 6.07 Å². The second kappa shape index (κ2) is 5.68. The molecule has 0 spiro atoms. The van der Waals surface area contributed by atoms with Gasteiger partial charge in [0.2, 0.25) is 0 Å². The zero-order valence-corrected chi connectivity index (χ0v) is 12.9. The number of rotatable bonds is 2. The first kappa shape index (κ1) is 14.0. The van der Waals surface area contributed by atoms with E-state index >= 15 is 0 Å². The predicted octanol–water partition coefficient (Wildman–Crippen LogP) is 5.87. The topological polar surface area (TPSA) is 0 Å². The minimum Gasteiger partial charge on any atom is -0.207 e. The van der Waals surface area contributed by atoms with Crippen LogP contribution in [0.1, 0.15) is 16.0 Å². The summed E-state index contributed by atoms with van der Waals surface area (Å²) in [5.41, 5.74) is 1.03. The second-order valence-corrected chi connectivity index (χ2v) is 5.90. The molecule has 0 nitrogen and oxygen atoms in total. The minimum absolute atomic E-state index is 0.248. The molecule has 0 bridgehead atoms. The lowest BCUT2D eigenvalue weighted by atomic mass is 10.0. The van der Waals surface area contributed by atoms with Gasteiger partial charge in [-0.05, 0) is 35.9 Å². The van der Waals surface area contributed by atoms with E-state index in [2.05, 4.69) is 31.9 Å². The van der Waals surface area contributed by atoms with Crippen LogP contribution in [0.15, 0.2) is 40.9 Å². The first-order chi connectivity index (χ1) is 8.49. The van der Waals surface area contributed by atoms with E-state index in [0.29, 0.717) is 5.02 Å². The Bertz CT molecular complexity index is 587. The van der Waals surface area contributed by atoms with Gasteiger partial charge in [0.25, 0.3) is 0 Å². The summed E-state index contributed by atoms with van der Waals surface area (Å²) in [6.45, 7) is 0. The van der Waals surface area contributed by atoms with Crippen LogP contribution in [-0.4, -0.2) is 0 Å². The zero-order valence-electron chi connectivity index (χ0n) is 8.93. The van der Waals surface area contributed by atoms with Gasteiger partial charge in [-0.25, -0.2) is 8.78 Å². The highest BCUT2D eigenvalue weighted by atomic mass is 79.9. The van der Waals surface area contributed by atoms with Gasteiger partial charge in [-0.1, -0.05) is 49.5 Å². The maximum absolute atomic E-state index is 13.7. The van der Waals surface area contributed by atoms with Gasteiger partial charge in [-0.15, -0.1) is 0 Å². The lowest BCUT2D eigenvalue weighted by molar-refractivity contribution is 0.588. The third-order valence-electron chi connectivity index (χ3n) is 2.47. The van der Waals surface area contributed by atoms with Gasteiger partial charge in [-0.3, -0.25) is 0 Å². The highest BCUT2D eigenvalue weighted by Gasteiger charge is 2.18. The van der Waals surface area contributed by atoms with E-state index in [4.69, 9.17) is 11.6 Å². The maximum atomic E-state index is 13.7. The Morgan fingerprint density at radius 3 is 2.39 bits per heavy atom. The molecule has 18 heavy (non-hydrogen) atoms. The normalized spacial score (nSPS) is 12.5. The summed E-state index contributed by atoms with van der Waals surface area (Å²) in [4.78, 5) is -0.445. The summed E-state index contributed by atoms with van der Waals surface area (Å²) in [5, 5.41) is 0.574. The van der Waals surface area contributed by atoms with Crippen molar-refractivity contribution in [2.45, 2.75) is 4.83 Å². The zero-order chi connectivity index (χ0) is 13.3. The van der Waals surface area contributed by atoms with Crippen molar-refractivity contribution in [1.29, 1.82) is 0 Å². The van der Waals surface area contributed by atoms with Crippen molar-refractivity contribution in [3.63, 3.8) is 0 Å². The van der Waals surface area contributed by atoms with Crippen molar-refractivity contribution >= 4 is 43.5 Å². The van der Waals surface area contributed by atoms with E-state index in [1.807, 2.05) is 0 Å². The van der Waals surface area contributed by atoms with Crippen LogP contribution in [0, 0.1) is 11.6 Å². The van der Waals surface area contributed by atoms with Crippen molar-refractivity contribution in [3.8, 4) is 0 Å². The molecule has 0 aliphatic heterocycles. The lowest BCUT2D eigenvalue weighted by Crippen LogP contribution is -1.98. The molecule has 94 valence electrons. The van der Waals surface area contributed by atoms with Crippen molar-refractivity contribution in [2.75, 3.05) is 0 Å². The van der Waals surface area contributed by atoms with Crippen molar-refractivity contribution in [2.24, 2.45) is 0 Å². The highest BCUT2D eigenvalue weighted by molar-refractivity contribution is 9.11. The molecule has 0 radical (unpaired) electrons. The summed E-state index contributed by atoms with van der Waals surface area (Å²) < 4.78 is 27.6. The molecule has 0 saturated heterocycles. The molecule has 0 aliphatic rings. The molecule has 5 heteroatoms. The Morgan fingerprint density at radius 1 is 1.00 bits per heavy atom. The number of alkyl halides is 1. The number of hydrogen-bond acceptors (Lipinski definition) is 0. The van der Waals surface area contributed by atoms with E-state index in [1.54, 1.807) is 18.2 Å². The first-order valence-corrected chi connectivity index (χ1v) is 7.11. The Labute approximate surface area is 125 Å². The maximum Gasteiger partial charge on any atom is 0.128 e. The third-order valence-corrected chi connectivity index (χ3v) is 4.38. The minimum atomic E-state index is -0.471. The van der Waals surface area contributed by atoms with Gasteiger partial charge in [-0.2, -0.15) is 0 Å². The summed E-state index contributed by atoms with van der Waals surface area (Å²) in [7, 11) is 0. The van der Waals surface area contributed by atoms with Crippen LogP contribution >= 0.6 is 43.5 Å². The molecule has 0 N–H and O–H groups in total. The molecule has 2 aromatic carbocycles. The van der Waals surface area contributed by atoms with Crippen LogP contribution in [0.3, 0.4) is 0 Å². The molecule has 1 unspecified atom stereocenters. The van der Waals surface area contributed by atoms with E-state index in [0.717, 1.165) is 22.2 Å². The molecule has 0 fully saturated rings. The smallest absolute Gasteiger partial charge is 0.128 e. The van der Waals surface area contributed by atoms with E-state index < -0.39 is 16.5 Å². The average molecular weight is 396 g/mol. The number of hydrogen-bond donors (Lipinski definition) is 0. The predicted molar refractivity (Wildman–Crippen MR) is 76.3 cm³/mol. The van der Waals surface area contributed by atoms with Gasteiger partial charge >= 0.3 is 0 Å². The molecule has 0 amide bonds. The van der Waals surface area contributed by atoms with Crippen LogP contribution in [0.2, 0.25) is 5.02 Å². The molecular weight excluding hydrogens is 389 g/mol. The van der Waals surface area contributed by atoms with Crippen molar-refractivity contribution in [1.82, 2.24) is 0 Å². The summed E-state index contributed by atoms with van der Waals surface area (Å²) in [6.07, 6.45) is 0. The van der Waals surface area contributed by atoms with Crippen LogP contribution in [0.4, 0.5) is 8.78 Å². The number of halogens is 5. The number of benzene rings is 2. The second-order valence-electron chi connectivity index (χ2n) is 3.69. The fraction of sp³-hybridized carbons (Fsp3) is 0.0769. The molecule has 0 saturated carbocycles. The molecule has 1 atom stereocenters.